The maximum absolute atomic E-state index is 11.5. The van der Waals surface area contributed by atoms with Gasteiger partial charge in [-0.15, -0.1) is 0 Å². The number of carboxylic acids is 6. The smallest absolute Gasteiger partial charge is 0.317 e. The third-order valence-electron chi connectivity index (χ3n) is 3.66. The molecule has 4 unspecified atom stereocenters. The van der Waals surface area contributed by atoms with E-state index in [-0.39, 0.29) is 0 Å². The molecule has 0 aliphatic carbocycles. The molecule has 0 aliphatic rings. The van der Waals surface area contributed by atoms with Crippen LogP contribution >= 0.6 is 0 Å². The van der Waals surface area contributed by atoms with E-state index in [0.29, 0.717) is 0 Å². The van der Waals surface area contributed by atoms with Crippen LogP contribution in [0.1, 0.15) is 12.8 Å². The minimum Gasteiger partial charge on any atom is -0.481 e. The topological polar surface area (TPSA) is 248 Å². The van der Waals surface area contributed by atoms with Gasteiger partial charge in [-0.25, -0.2) is 0 Å². The zero-order chi connectivity index (χ0) is 22.0. The molecule has 0 heterocycles. The summed E-state index contributed by atoms with van der Waals surface area (Å²) < 4.78 is 0. The van der Waals surface area contributed by atoms with E-state index < -0.39 is 85.7 Å². The van der Waals surface area contributed by atoms with Crippen molar-refractivity contribution in [2.45, 2.75) is 24.9 Å². The molecule has 0 rings (SSSR count). The van der Waals surface area contributed by atoms with Crippen molar-refractivity contribution >= 4 is 35.8 Å². The van der Waals surface area contributed by atoms with Gasteiger partial charge in [0.05, 0.1) is 37.8 Å². The molecule has 0 spiro atoms. The van der Waals surface area contributed by atoms with Crippen molar-refractivity contribution < 1.29 is 59.4 Å². The quantitative estimate of drug-likeness (QED) is 0.139. The van der Waals surface area contributed by atoms with E-state index in [1.165, 1.54) is 0 Å². The second-order valence-electron chi connectivity index (χ2n) is 5.69. The van der Waals surface area contributed by atoms with Gasteiger partial charge in [0.1, 0.15) is 0 Å². The van der Waals surface area contributed by atoms with Crippen molar-refractivity contribution in [1.29, 1.82) is 0 Å². The molecule has 0 aromatic carbocycles. The van der Waals surface area contributed by atoms with Crippen LogP contribution in [-0.4, -0.2) is 91.6 Å². The lowest BCUT2D eigenvalue weighted by molar-refractivity contribution is -0.153. The van der Waals surface area contributed by atoms with E-state index in [1.807, 2.05) is 0 Å². The van der Waals surface area contributed by atoms with Gasteiger partial charge in [-0.1, -0.05) is 0 Å². The third-order valence-corrected chi connectivity index (χ3v) is 3.66. The molecule has 4 atom stereocenters. The van der Waals surface area contributed by atoms with E-state index in [0.717, 1.165) is 0 Å². The molecule has 28 heavy (non-hydrogen) atoms. The van der Waals surface area contributed by atoms with Gasteiger partial charge in [0.25, 0.3) is 0 Å². The van der Waals surface area contributed by atoms with E-state index in [9.17, 15) is 39.0 Å². The van der Waals surface area contributed by atoms with Gasteiger partial charge in [-0.3, -0.25) is 28.8 Å². The van der Waals surface area contributed by atoms with Crippen LogP contribution < -0.4 is 10.6 Å². The number of hydrogen-bond donors (Lipinski definition) is 8. The lowest BCUT2D eigenvalue weighted by atomic mass is 9.82. The van der Waals surface area contributed by atoms with Gasteiger partial charge in [-0.2, -0.15) is 0 Å². The zero-order valence-corrected chi connectivity index (χ0v) is 14.3. The first-order valence-corrected chi connectivity index (χ1v) is 7.66. The van der Waals surface area contributed by atoms with Gasteiger partial charge in [0.2, 0.25) is 0 Å². The highest BCUT2D eigenvalue weighted by Crippen LogP contribution is 2.22. The summed E-state index contributed by atoms with van der Waals surface area (Å²) in [5.74, 6) is -13.4. The van der Waals surface area contributed by atoms with Crippen molar-refractivity contribution in [2.75, 3.05) is 13.1 Å². The second-order valence-corrected chi connectivity index (χ2v) is 5.69. The second kappa shape index (κ2) is 11.5. The normalized spacial score (nSPS) is 15.0. The highest BCUT2D eigenvalue weighted by atomic mass is 16.4. The molecule has 0 fully saturated rings. The standard InChI is InChI=1S/C14H20N2O12/c17-7(18)1-5(13(25)26)11(15-3-9(21)22)12(16-4-10(23)24)6(14(27)28)2-8(19)20/h5-6,11-12,15-16H,1-4H2,(H,17,18)(H,19,20)(H,21,22)(H,23,24)(H,25,26)(H,27,28). The summed E-state index contributed by atoms with van der Waals surface area (Å²) in [7, 11) is 0. The first-order chi connectivity index (χ1) is 12.9. The van der Waals surface area contributed by atoms with Crippen molar-refractivity contribution in [3.8, 4) is 0 Å². The van der Waals surface area contributed by atoms with E-state index in [4.69, 9.17) is 20.4 Å². The lowest BCUT2D eigenvalue weighted by Crippen LogP contribution is -2.60. The Hall–Kier alpha value is -3.26. The van der Waals surface area contributed by atoms with Crippen molar-refractivity contribution in [2.24, 2.45) is 11.8 Å². The van der Waals surface area contributed by atoms with Crippen LogP contribution in [0.5, 0.6) is 0 Å². The Morgan fingerprint density at radius 3 is 1.00 bits per heavy atom. The van der Waals surface area contributed by atoms with Crippen molar-refractivity contribution in [3.63, 3.8) is 0 Å². The predicted molar refractivity (Wildman–Crippen MR) is 85.6 cm³/mol. The molecule has 0 radical (unpaired) electrons. The van der Waals surface area contributed by atoms with Crippen LogP contribution in [0.25, 0.3) is 0 Å². The molecule has 14 nitrogen and oxygen atoms in total. The zero-order valence-electron chi connectivity index (χ0n) is 14.3. The summed E-state index contributed by atoms with van der Waals surface area (Å²) in [6.07, 6.45) is -2.12. The molecule has 8 N–H and O–H groups in total. The summed E-state index contributed by atoms with van der Waals surface area (Å²) in [4.78, 5) is 66.7. The van der Waals surface area contributed by atoms with Gasteiger partial charge in [-0.05, 0) is 0 Å². The number of rotatable bonds is 15. The molecule has 0 aromatic rings. The van der Waals surface area contributed by atoms with Crippen molar-refractivity contribution in [3.05, 3.63) is 0 Å². The molecule has 158 valence electrons. The SMILES string of the molecule is O=C(O)CNC(C(CC(=O)O)C(=O)O)C(NCC(=O)O)C(CC(=O)O)C(=O)O. The third kappa shape index (κ3) is 8.91. The van der Waals surface area contributed by atoms with E-state index in [2.05, 4.69) is 10.6 Å². The molecule has 14 heteroatoms. The van der Waals surface area contributed by atoms with Crippen LogP contribution in [0.15, 0.2) is 0 Å². The average molecular weight is 408 g/mol. The van der Waals surface area contributed by atoms with Gasteiger partial charge in [0.15, 0.2) is 0 Å². The van der Waals surface area contributed by atoms with E-state index >= 15 is 0 Å². The highest BCUT2D eigenvalue weighted by Gasteiger charge is 2.43. The first kappa shape index (κ1) is 24.7. The molecular weight excluding hydrogens is 388 g/mol. The Morgan fingerprint density at radius 2 is 0.821 bits per heavy atom. The van der Waals surface area contributed by atoms with Crippen LogP contribution in [-0.2, 0) is 28.8 Å². The molecule has 0 amide bonds. The van der Waals surface area contributed by atoms with Gasteiger partial charge >= 0.3 is 35.8 Å². The largest absolute Gasteiger partial charge is 0.481 e. The summed E-state index contributed by atoms with van der Waals surface area (Å²) in [6.45, 7) is -1.84. The molecular formula is C14H20N2O12. The molecule has 0 aromatic heterocycles. The molecule has 0 saturated heterocycles. The summed E-state index contributed by atoms with van der Waals surface area (Å²) in [5.41, 5.74) is 0. The maximum Gasteiger partial charge on any atom is 0.317 e. The van der Waals surface area contributed by atoms with E-state index in [1.54, 1.807) is 0 Å². The average Bonchev–Trinajstić information content (AvgIpc) is 2.53. The Morgan fingerprint density at radius 1 is 0.536 bits per heavy atom. The Balaban J connectivity index is 6.18. The highest BCUT2D eigenvalue weighted by molar-refractivity contribution is 5.81. The summed E-state index contributed by atoms with van der Waals surface area (Å²) in [5, 5.41) is 58.5. The number of carboxylic acid groups (broad SMARTS) is 6. The fourth-order valence-corrected chi connectivity index (χ4v) is 2.56. The Labute approximate surface area is 156 Å². The number of hydrogen-bond acceptors (Lipinski definition) is 8. The number of aliphatic carboxylic acids is 6. The number of carbonyl (C=O) groups is 6. The fourth-order valence-electron chi connectivity index (χ4n) is 2.56. The van der Waals surface area contributed by atoms with Crippen LogP contribution in [0, 0.1) is 11.8 Å². The number of nitrogens with one attached hydrogen (secondary N) is 2. The lowest BCUT2D eigenvalue weighted by Gasteiger charge is -2.35. The maximum atomic E-state index is 11.5. The summed E-state index contributed by atoms with van der Waals surface area (Å²) >= 11 is 0. The van der Waals surface area contributed by atoms with Gasteiger partial charge < -0.3 is 41.3 Å². The first-order valence-electron chi connectivity index (χ1n) is 7.66. The predicted octanol–water partition coefficient (Wildman–Crippen LogP) is -2.58. The Kier molecular flexibility index (Phi) is 10.1. The Bertz CT molecular complexity index is 580. The fraction of sp³-hybridized carbons (Fsp3) is 0.571. The van der Waals surface area contributed by atoms with Crippen LogP contribution in [0.4, 0.5) is 0 Å². The monoisotopic (exact) mass is 408 g/mol. The van der Waals surface area contributed by atoms with Crippen LogP contribution in [0.3, 0.4) is 0 Å². The molecule has 0 bridgehead atoms. The molecule has 0 saturated carbocycles. The van der Waals surface area contributed by atoms with Crippen LogP contribution in [0.2, 0.25) is 0 Å². The minimum absolute atomic E-state index is 0.918. The van der Waals surface area contributed by atoms with Gasteiger partial charge in [0, 0.05) is 12.1 Å². The molecule has 0 aliphatic heterocycles. The summed E-state index contributed by atoms with van der Waals surface area (Å²) in [6, 6.07) is -3.46. The van der Waals surface area contributed by atoms with Crippen molar-refractivity contribution in [1.82, 2.24) is 10.6 Å². The minimum atomic E-state index is -1.89.